The molecule has 0 aliphatic carbocycles. The van der Waals surface area contributed by atoms with Crippen molar-refractivity contribution in [2.24, 2.45) is 11.8 Å². The van der Waals surface area contributed by atoms with E-state index in [1.807, 2.05) is 0 Å². The first-order valence-electron chi connectivity index (χ1n) is 7.06. The summed E-state index contributed by atoms with van der Waals surface area (Å²) in [6, 6.07) is 2.80. The molecule has 1 aromatic rings. The molecule has 1 fully saturated rings. The molecular formula is C15H16F3NO4. The van der Waals surface area contributed by atoms with E-state index < -0.39 is 36.0 Å². The van der Waals surface area contributed by atoms with Crippen molar-refractivity contribution in [3.63, 3.8) is 0 Å². The summed E-state index contributed by atoms with van der Waals surface area (Å²) in [5.41, 5.74) is -0.173. The van der Waals surface area contributed by atoms with Gasteiger partial charge in [0.15, 0.2) is 0 Å². The highest BCUT2D eigenvalue weighted by Crippen LogP contribution is 2.28. The number of alkyl halides is 2. The maximum absolute atomic E-state index is 13.2. The van der Waals surface area contributed by atoms with E-state index in [0.717, 1.165) is 18.2 Å². The third-order valence-corrected chi connectivity index (χ3v) is 3.90. The highest BCUT2D eigenvalue weighted by atomic mass is 19.3. The monoisotopic (exact) mass is 331 g/mol. The van der Waals surface area contributed by atoms with Crippen LogP contribution in [0.4, 0.5) is 13.2 Å². The molecule has 1 aliphatic rings. The average Bonchev–Trinajstić information content (AvgIpc) is 2.45. The molecule has 0 aromatic heterocycles. The van der Waals surface area contributed by atoms with Crippen LogP contribution in [-0.2, 0) is 4.79 Å². The van der Waals surface area contributed by atoms with Crippen LogP contribution in [0.2, 0.25) is 0 Å². The number of carbonyl (C=O) groups excluding carboxylic acids is 1. The summed E-state index contributed by atoms with van der Waals surface area (Å²) in [5.74, 6) is -3.66. The molecule has 2 atom stereocenters. The summed E-state index contributed by atoms with van der Waals surface area (Å²) in [6.07, 6.45) is 0.272. The van der Waals surface area contributed by atoms with Crippen LogP contribution in [0, 0.1) is 17.7 Å². The zero-order valence-corrected chi connectivity index (χ0v) is 12.3. The van der Waals surface area contributed by atoms with Crippen molar-refractivity contribution in [1.82, 2.24) is 4.90 Å². The minimum Gasteiger partial charge on any atom is -0.481 e. The van der Waals surface area contributed by atoms with Gasteiger partial charge in [0.25, 0.3) is 5.91 Å². The SMILES string of the molecule is CC1CN(C(=O)c2ccc(F)cc2OC(F)F)CCC1C(=O)O. The van der Waals surface area contributed by atoms with Gasteiger partial charge in [0.1, 0.15) is 11.6 Å². The fourth-order valence-corrected chi connectivity index (χ4v) is 2.73. The van der Waals surface area contributed by atoms with Gasteiger partial charge >= 0.3 is 12.6 Å². The molecule has 2 rings (SSSR count). The summed E-state index contributed by atoms with van der Waals surface area (Å²) in [6.45, 7) is -1.10. The maximum Gasteiger partial charge on any atom is 0.387 e. The van der Waals surface area contributed by atoms with Crippen molar-refractivity contribution in [3.05, 3.63) is 29.6 Å². The first-order valence-corrected chi connectivity index (χ1v) is 7.06. The van der Waals surface area contributed by atoms with Gasteiger partial charge in [0.05, 0.1) is 11.5 Å². The molecular weight excluding hydrogens is 315 g/mol. The Hall–Kier alpha value is -2.25. The number of amides is 1. The summed E-state index contributed by atoms with van der Waals surface area (Å²) in [5, 5.41) is 9.08. The zero-order valence-electron chi connectivity index (χ0n) is 12.3. The fraction of sp³-hybridized carbons (Fsp3) is 0.467. The number of likely N-dealkylation sites (tertiary alicyclic amines) is 1. The van der Waals surface area contributed by atoms with E-state index >= 15 is 0 Å². The number of nitrogens with zero attached hydrogens (tertiary/aromatic N) is 1. The number of ether oxygens (including phenoxy) is 1. The van der Waals surface area contributed by atoms with E-state index in [9.17, 15) is 22.8 Å². The lowest BCUT2D eigenvalue weighted by molar-refractivity contribution is -0.145. The highest BCUT2D eigenvalue weighted by molar-refractivity contribution is 5.97. The predicted octanol–water partition coefficient (Wildman–Crippen LogP) is 2.61. The minimum atomic E-state index is -3.18. The van der Waals surface area contributed by atoms with E-state index in [4.69, 9.17) is 5.11 Å². The van der Waals surface area contributed by atoms with Crippen LogP contribution in [0.15, 0.2) is 18.2 Å². The lowest BCUT2D eigenvalue weighted by Crippen LogP contribution is -2.45. The van der Waals surface area contributed by atoms with Gasteiger partial charge in [-0.15, -0.1) is 0 Å². The highest BCUT2D eigenvalue weighted by Gasteiger charge is 2.34. The predicted molar refractivity (Wildman–Crippen MR) is 73.8 cm³/mol. The quantitative estimate of drug-likeness (QED) is 0.921. The number of carboxylic acid groups (broad SMARTS) is 1. The molecule has 1 saturated heterocycles. The fourth-order valence-electron chi connectivity index (χ4n) is 2.73. The molecule has 1 aliphatic heterocycles. The Labute approximate surface area is 130 Å². The number of carboxylic acids is 1. The van der Waals surface area contributed by atoms with E-state index in [-0.39, 0.29) is 31.0 Å². The van der Waals surface area contributed by atoms with E-state index in [1.165, 1.54) is 4.90 Å². The lowest BCUT2D eigenvalue weighted by Gasteiger charge is -2.35. The Morgan fingerprint density at radius 2 is 2.09 bits per heavy atom. The maximum atomic E-state index is 13.2. The Bertz CT molecular complexity index is 608. The van der Waals surface area contributed by atoms with Crippen molar-refractivity contribution in [2.45, 2.75) is 20.0 Å². The number of hydrogen-bond donors (Lipinski definition) is 1. The third-order valence-electron chi connectivity index (χ3n) is 3.90. The third kappa shape index (κ3) is 3.94. The van der Waals surface area contributed by atoms with Gasteiger partial charge in [-0.05, 0) is 24.5 Å². The van der Waals surface area contributed by atoms with Crippen molar-refractivity contribution in [2.75, 3.05) is 13.1 Å². The van der Waals surface area contributed by atoms with Crippen LogP contribution >= 0.6 is 0 Å². The Kier molecular flexibility index (Phi) is 5.12. The number of rotatable bonds is 4. The van der Waals surface area contributed by atoms with E-state index in [2.05, 4.69) is 4.74 Å². The Balaban J connectivity index is 2.19. The second-order valence-corrected chi connectivity index (χ2v) is 5.48. The largest absolute Gasteiger partial charge is 0.481 e. The molecule has 1 heterocycles. The molecule has 0 bridgehead atoms. The number of piperidine rings is 1. The van der Waals surface area contributed by atoms with Crippen molar-refractivity contribution in [1.29, 1.82) is 0 Å². The molecule has 23 heavy (non-hydrogen) atoms. The average molecular weight is 331 g/mol. The first kappa shape index (κ1) is 17.1. The summed E-state index contributed by atoms with van der Waals surface area (Å²) < 4.78 is 42.2. The standard InChI is InChI=1S/C15H16F3NO4/c1-8-7-19(5-4-10(8)14(21)22)13(20)11-3-2-9(16)6-12(11)23-15(17)18/h2-3,6,8,10,15H,4-5,7H2,1H3,(H,21,22). The molecule has 0 radical (unpaired) electrons. The van der Waals surface area contributed by atoms with Gasteiger partial charge in [-0.3, -0.25) is 9.59 Å². The van der Waals surface area contributed by atoms with Crippen LogP contribution in [0.1, 0.15) is 23.7 Å². The molecule has 126 valence electrons. The number of carbonyl (C=O) groups is 2. The number of benzene rings is 1. The molecule has 0 spiro atoms. The van der Waals surface area contributed by atoms with Gasteiger partial charge in [0.2, 0.25) is 0 Å². The molecule has 1 aromatic carbocycles. The van der Waals surface area contributed by atoms with E-state index in [1.54, 1.807) is 6.92 Å². The van der Waals surface area contributed by atoms with Crippen LogP contribution in [0.25, 0.3) is 0 Å². The summed E-state index contributed by atoms with van der Waals surface area (Å²) in [7, 11) is 0. The van der Waals surface area contributed by atoms with E-state index in [0.29, 0.717) is 0 Å². The lowest BCUT2D eigenvalue weighted by atomic mass is 9.87. The second-order valence-electron chi connectivity index (χ2n) is 5.48. The molecule has 8 heteroatoms. The molecule has 2 unspecified atom stereocenters. The van der Waals surface area contributed by atoms with Crippen LogP contribution < -0.4 is 4.74 Å². The summed E-state index contributed by atoms with van der Waals surface area (Å²) in [4.78, 5) is 24.9. The van der Waals surface area contributed by atoms with Crippen LogP contribution in [0.3, 0.4) is 0 Å². The zero-order chi connectivity index (χ0) is 17.1. The van der Waals surface area contributed by atoms with Gasteiger partial charge < -0.3 is 14.7 Å². The second kappa shape index (κ2) is 6.89. The van der Waals surface area contributed by atoms with Crippen molar-refractivity contribution < 1.29 is 32.6 Å². The molecule has 1 amide bonds. The van der Waals surface area contributed by atoms with Crippen LogP contribution in [0.5, 0.6) is 5.75 Å². The van der Waals surface area contributed by atoms with Gasteiger partial charge in [-0.25, -0.2) is 4.39 Å². The van der Waals surface area contributed by atoms with Gasteiger partial charge in [-0.1, -0.05) is 6.92 Å². The minimum absolute atomic E-state index is 0.173. The number of aliphatic carboxylic acids is 1. The van der Waals surface area contributed by atoms with Crippen LogP contribution in [-0.4, -0.2) is 41.6 Å². The first-order chi connectivity index (χ1) is 10.8. The number of halogens is 3. The number of hydrogen-bond acceptors (Lipinski definition) is 3. The molecule has 1 N–H and O–H groups in total. The summed E-state index contributed by atoms with van der Waals surface area (Å²) >= 11 is 0. The van der Waals surface area contributed by atoms with Gasteiger partial charge in [-0.2, -0.15) is 8.78 Å². The topological polar surface area (TPSA) is 66.8 Å². The Morgan fingerprint density at radius 3 is 2.65 bits per heavy atom. The van der Waals surface area contributed by atoms with Gasteiger partial charge in [0, 0.05) is 19.2 Å². The molecule has 5 nitrogen and oxygen atoms in total. The van der Waals surface area contributed by atoms with Crippen molar-refractivity contribution >= 4 is 11.9 Å². The molecule has 0 saturated carbocycles. The smallest absolute Gasteiger partial charge is 0.387 e. The Morgan fingerprint density at radius 1 is 1.39 bits per heavy atom. The normalized spacial score (nSPS) is 21.3. The van der Waals surface area contributed by atoms with Crippen molar-refractivity contribution in [3.8, 4) is 5.75 Å².